The van der Waals surface area contributed by atoms with E-state index in [9.17, 15) is 0 Å². The lowest BCUT2D eigenvalue weighted by molar-refractivity contribution is 0.136. The van der Waals surface area contributed by atoms with Crippen LogP contribution in [0.25, 0.3) is 0 Å². The minimum Gasteiger partial charge on any atom is -0.0654 e. The highest BCUT2D eigenvalue weighted by molar-refractivity contribution is 5.05. The van der Waals surface area contributed by atoms with E-state index >= 15 is 0 Å². The van der Waals surface area contributed by atoms with Crippen LogP contribution in [0.1, 0.15) is 45.4 Å². The molecule has 0 nitrogen and oxygen atoms in total. The van der Waals surface area contributed by atoms with E-state index in [1.54, 1.807) is 25.7 Å². The minimum absolute atomic E-state index is 0.940. The molecular weight excluding hydrogens is 108 g/mol. The van der Waals surface area contributed by atoms with Gasteiger partial charge in [0.15, 0.2) is 0 Å². The van der Waals surface area contributed by atoms with Crippen LogP contribution in [0.5, 0.6) is 0 Å². The molecule has 0 aromatic heterocycles. The van der Waals surface area contributed by atoms with Gasteiger partial charge in [-0.05, 0) is 37.0 Å². The van der Waals surface area contributed by atoms with Gasteiger partial charge in [-0.15, -0.1) is 0 Å². The Morgan fingerprint density at radius 3 is 2.44 bits per heavy atom. The highest BCUT2D eigenvalue weighted by atomic mass is 14.6. The Balaban J connectivity index is 1.85. The molecule has 0 radical (unpaired) electrons. The Bertz CT molecular complexity index is 111. The lowest BCUT2D eigenvalue weighted by atomic mass is 9.68. The van der Waals surface area contributed by atoms with Gasteiger partial charge in [-0.1, -0.05) is 19.8 Å². The van der Waals surface area contributed by atoms with Gasteiger partial charge < -0.3 is 0 Å². The van der Waals surface area contributed by atoms with Crippen molar-refractivity contribution < 1.29 is 0 Å². The first-order valence-corrected chi connectivity index (χ1v) is 4.37. The first kappa shape index (κ1) is 5.76. The molecule has 0 heterocycles. The minimum atomic E-state index is 0.940. The molecule has 1 spiro atoms. The predicted molar refractivity (Wildman–Crippen MR) is 39.3 cm³/mol. The Morgan fingerprint density at radius 1 is 1.33 bits per heavy atom. The van der Waals surface area contributed by atoms with E-state index in [1.165, 1.54) is 12.8 Å². The molecule has 0 aromatic rings. The fraction of sp³-hybridized carbons (Fsp3) is 1.00. The smallest absolute Gasteiger partial charge is 0.0269 e. The summed E-state index contributed by atoms with van der Waals surface area (Å²) >= 11 is 0. The van der Waals surface area contributed by atoms with Crippen molar-refractivity contribution in [2.24, 2.45) is 11.3 Å². The van der Waals surface area contributed by atoms with Crippen LogP contribution in [0, 0.1) is 11.3 Å². The summed E-state index contributed by atoms with van der Waals surface area (Å²) in [4.78, 5) is 0. The zero-order chi connectivity index (χ0) is 6.32. The van der Waals surface area contributed by atoms with Crippen LogP contribution >= 0.6 is 0 Å². The van der Waals surface area contributed by atoms with Crippen LogP contribution in [0.15, 0.2) is 0 Å². The molecule has 0 aliphatic heterocycles. The van der Waals surface area contributed by atoms with E-state index in [1.807, 2.05) is 0 Å². The molecule has 2 saturated carbocycles. The largest absolute Gasteiger partial charge is 0.0654 e. The van der Waals surface area contributed by atoms with Gasteiger partial charge in [-0.3, -0.25) is 0 Å². The predicted octanol–water partition coefficient (Wildman–Crippen LogP) is 2.98. The van der Waals surface area contributed by atoms with Crippen molar-refractivity contribution in [2.75, 3.05) is 0 Å². The van der Waals surface area contributed by atoms with Gasteiger partial charge in [-0.25, -0.2) is 0 Å². The highest BCUT2D eigenvalue weighted by Crippen LogP contribution is 2.65. The maximum Gasteiger partial charge on any atom is -0.0269 e. The summed E-state index contributed by atoms with van der Waals surface area (Å²) in [5, 5.41) is 0. The molecule has 0 bridgehead atoms. The van der Waals surface area contributed by atoms with Crippen LogP contribution < -0.4 is 0 Å². The number of hydrogen-bond acceptors (Lipinski definition) is 0. The summed E-state index contributed by atoms with van der Waals surface area (Å²) in [5.41, 5.74) is 0.940. The van der Waals surface area contributed by atoms with Gasteiger partial charge in [0.2, 0.25) is 0 Å². The molecule has 52 valence electrons. The number of rotatable bonds is 2. The first-order chi connectivity index (χ1) is 4.37. The van der Waals surface area contributed by atoms with Crippen LogP contribution in [0.3, 0.4) is 0 Å². The quantitative estimate of drug-likeness (QED) is 0.531. The second kappa shape index (κ2) is 1.74. The van der Waals surface area contributed by atoms with Crippen molar-refractivity contribution in [3.05, 3.63) is 0 Å². The molecule has 2 aliphatic carbocycles. The third-order valence-electron chi connectivity index (χ3n) is 3.39. The topological polar surface area (TPSA) is 0 Å². The van der Waals surface area contributed by atoms with Gasteiger partial charge in [-0.2, -0.15) is 0 Å². The Kier molecular flexibility index (Phi) is 1.12. The van der Waals surface area contributed by atoms with Gasteiger partial charge in [0.05, 0.1) is 0 Å². The molecular formula is C9H16. The molecule has 1 unspecified atom stereocenters. The molecule has 2 aliphatic rings. The summed E-state index contributed by atoms with van der Waals surface area (Å²) in [6.45, 7) is 2.31. The van der Waals surface area contributed by atoms with Crippen LogP contribution in [-0.2, 0) is 0 Å². The standard InChI is InChI=1S/C9H16/c1-2-3-8-4-5-9(8)6-7-9/h8H,2-7H2,1H3. The zero-order valence-electron chi connectivity index (χ0n) is 6.32. The molecule has 0 heteroatoms. The first-order valence-electron chi connectivity index (χ1n) is 4.37. The lowest BCUT2D eigenvalue weighted by Crippen LogP contribution is -2.26. The monoisotopic (exact) mass is 124 g/mol. The van der Waals surface area contributed by atoms with E-state index in [4.69, 9.17) is 0 Å². The average Bonchev–Trinajstić information content (AvgIpc) is 2.60. The summed E-state index contributed by atoms with van der Waals surface area (Å²) in [5.74, 6) is 1.16. The van der Waals surface area contributed by atoms with Gasteiger partial charge in [0.1, 0.15) is 0 Å². The summed E-state index contributed by atoms with van der Waals surface area (Å²) in [6, 6.07) is 0. The van der Waals surface area contributed by atoms with Crippen molar-refractivity contribution in [3.8, 4) is 0 Å². The fourth-order valence-electron chi connectivity index (χ4n) is 2.37. The molecule has 0 N–H and O–H groups in total. The van der Waals surface area contributed by atoms with Crippen molar-refractivity contribution in [2.45, 2.75) is 45.4 Å². The molecule has 0 amide bonds. The fourth-order valence-corrected chi connectivity index (χ4v) is 2.37. The summed E-state index contributed by atoms with van der Waals surface area (Å²) < 4.78 is 0. The van der Waals surface area contributed by atoms with Crippen molar-refractivity contribution in [1.82, 2.24) is 0 Å². The molecule has 1 atom stereocenters. The van der Waals surface area contributed by atoms with Crippen LogP contribution in [0.4, 0.5) is 0 Å². The highest BCUT2D eigenvalue weighted by Gasteiger charge is 2.54. The van der Waals surface area contributed by atoms with Crippen molar-refractivity contribution in [3.63, 3.8) is 0 Å². The average molecular weight is 124 g/mol. The molecule has 0 aromatic carbocycles. The van der Waals surface area contributed by atoms with Gasteiger partial charge in [0, 0.05) is 0 Å². The van der Waals surface area contributed by atoms with E-state index in [-0.39, 0.29) is 0 Å². The normalized spacial score (nSPS) is 36.3. The Hall–Kier alpha value is 0. The second-order valence-corrected chi connectivity index (χ2v) is 3.89. The summed E-state index contributed by atoms with van der Waals surface area (Å²) in [6.07, 6.45) is 9.17. The molecule has 2 fully saturated rings. The third-order valence-corrected chi connectivity index (χ3v) is 3.39. The van der Waals surface area contributed by atoms with Crippen molar-refractivity contribution in [1.29, 1.82) is 0 Å². The lowest BCUT2D eigenvalue weighted by Gasteiger charge is -2.37. The van der Waals surface area contributed by atoms with Crippen LogP contribution in [-0.4, -0.2) is 0 Å². The maximum absolute atomic E-state index is 2.31. The zero-order valence-corrected chi connectivity index (χ0v) is 6.32. The summed E-state index contributed by atoms with van der Waals surface area (Å²) in [7, 11) is 0. The van der Waals surface area contributed by atoms with E-state index in [0.29, 0.717) is 0 Å². The Morgan fingerprint density at radius 2 is 2.11 bits per heavy atom. The van der Waals surface area contributed by atoms with Gasteiger partial charge in [0.25, 0.3) is 0 Å². The van der Waals surface area contributed by atoms with E-state index < -0.39 is 0 Å². The Labute approximate surface area is 57.6 Å². The van der Waals surface area contributed by atoms with E-state index in [0.717, 1.165) is 11.3 Å². The molecule has 2 rings (SSSR count). The van der Waals surface area contributed by atoms with Crippen molar-refractivity contribution >= 4 is 0 Å². The van der Waals surface area contributed by atoms with Crippen LogP contribution in [0.2, 0.25) is 0 Å². The SMILES string of the molecule is CCCC1CCC12CC2. The molecule has 9 heavy (non-hydrogen) atoms. The van der Waals surface area contributed by atoms with Gasteiger partial charge >= 0.3 is 0 Å². The number of hydrogen-bond donors (Lipinski definition) is 0. The van der Waals surface area contributed by atoms with E-state index in [2.05, 4.69) is 6.92 Å². The molecule has 0 saturated heterocycles. The third kappa shape index (κ3) is 0.720. The second-order valence-electron chi connectivity index (χ2n) is 3.89. The maximum atomic E-state index is 2.31.